The van der Waals surface area contributed by atoms with E-state index in [1.165, 1.54) is 10.6 Å². The van der Waals surface area contributed by atoms with Crippen LogP contribution in [0.5, 0.6) is 0 Å². The van der Waals surface area contributed by atoms with E-state index < -0.39 is 17.8 Å². The number of aliphatic hydroxyl groups excluding tert-OH is 2. The Morgan fingerprint density at radius 1 is 1.16 bits per heavy atom. The van der Waals surface area contributed by atoms with Crippen LogP contribution in [0.3, 0.4) is 0 Å². The second kappa shape index (κ2) is 11.0. The van der Waals surface area contributed by atoms with E-state index >= 15 is 4.39 Å². The van der Waals surface area contributed by atoms with E-state index in [1.54, 1.807) is 12.1 Å². The summed E-state index contributed by atoms with van der Waals surface area (Å²) in [5.74, 6) is -1.05. The summed E-state index contributed by atoms with van der Waals surface area (Å²) < 4.78 is 17.1. The maximum absolute atomic E-state index is 15.7. The van der Waals surface area contributed by atoms with Gasteiger partial charge in [0, 0.05) is 44.3 Å². The zero-order valence-electron chi connectivity index (χ0n) is 22.2. The molecule has 1 unspecified atom stereocenters. The normalized spacial score (nSPS) is 19.1. The van der Waals surface area contributed by atoms with Crippen LogP contribution in [-0.4, -0.2) is 80.7 Å². The highest BCUT2D eigenvalue weighted by molar-refractivity contribution is 5.92. The van der Waals surface area contributed by atoms with Gasteiger partial charge >= 0.3 is 0 Å². The number of hydrogen-bond acceptors (Lipinski definition) is 7. The number of benzene rings is 1. The van der Waals surface area contributed by atoms with E-state index in [1.807, 2.05) is 33.8 Å². The Labute approximate surface area is 217 Å². The summed E-state index contributed by atoms with van der Waals surface area (Å²) in [6, 6.07) is 4.76. The fraction of sp³-hybridized carbons (Fsp3) is 0.519. The minimum absolute atomic E-state index is 0.00485. The molecule has 37 heavy (non-hydrogen) atoms. The number of anilines is 1. The van der Waals surface area contributed by atoms with Crippen molar-refractivity contribution in [3.05, 3.63) is 53.1 Å². The lowest BCUT2D eigenvalue weighted by molar-refractivity contribution is 0.0930. The number of aliphatic hydroxyl groups is 2. The Morgan fingerprint density at radius 2 is 1.86 bits per heavy atom. The molecule has 1 fully saturated rings. The minimum atomic E-state index is -0.826. The summed E-state index contributed by atoms with van der Waals surface area (Å²) in [4.78, 5) is 17.5. The van der Waals surface area contributed by atoms with Crippen LogP contribution >= 0.6 is 0 Å². The fourth-order valence-electron chi connectivity index (χ4n) is 4.86. The van der Waals surface area contributed by atoms with E-state index in [4.69, 9.17) is 0 Å². The summed E-state index contributed by atoms with van der Waals surface area (Å²) in [5, 5.41) is 32.3. The second-order valence-corrected chi connectivity index (χ2v) is 10.2. The molecule has 2 heterocycles. The average molecular weight is 513 g/mol. The third-order valence-corrected chi connectivity index (χ3v) is 6.94. The predicted molar refractivity (Wildman–Crippen MR) is 141 cm³/mol. The van der Waals surface area contributed by atoms with E-state index in [9.17, 15) is 15.0 Å². The van der Waals surface area contributed by atoms with Crippen molar-refractivity contribution in [3.63, 3.8) is 0 Å². The molecule has 0 saturated carbocycles. The number of nitrogens with one attached hydrogen (secondary N) is 1. The lowest BCUT2D eigenvalue weighted by Crippen LogP contribution is -2.46. The third-order valence-electron chi connectivity index (χ3n) is 6.94. The molecule has 1 atom stereocenters. The van der Waals surface area contributed by atoms with E-state index in [2.05, 4.69) is 32.2 Å². The van der Waals surface area contributed by atoms with Crippen molar-refractivity contribution in [2.45, 2.75) is 53.2 Å². The van der Waals surface area contributed by atoms with Crippen molar-refractivity contribution in [2.75, 3.05) is 37.6 Å². The first-order valence-electron chi connectivity index (χ1n) is 13.0. The van der Waals surface area contributed by atoms with Crippen LogP contribution in [0, 0.1) is 11.7 Å². The molecule has 0 spiro atoms. The molecule has 1 aliphatic carbocycles. The first-order chi connectivity index (χ1) is 17.6. The van der Waals surface area contributed by atoms with Gasteiger partial charge in [0.2, 0.25) is 5.82 Å². The quantitative estimate of drug-likeness (QED) is 0.523. The Balaban J connectivity index is 1.79. The molecular formula is C27H37FN6O3. The molecule has 2 aliphatic rings. The summed E-state index contributed by atoms with van der Waals surface area (Å²) in [6.07, 6.45) is 0.844. The van der Waals surface area contributed by atoms with Crippen LogP contribution in [0.25, 0.3) is 11.3 Å². The van der Waals surface area contributed by atoms with E-state index in [0.29, 0.717) is 5.57 Å². The zero-order chi connectivity index (χ0) is 26.9. The number of carbonyl (C=O) groups is 1. The lowest BCUT2D eigenvalue weighted by Gasteiger charge is -2.35. The number of halogens is 1. The molecule has 1 aromatic carbocycles. The van der Waals surface area contributed by atoms with Gasteiger partial charge in [0.05, 0.1) is 17.4 Å². The highest BCUT2D eigenvalue weighted by atomic mass is 19.1. The van der Waals surface area contributed by atoms with Crippen LogP contribution in [0.15, 0.2) is 35.6 Å². The Morgan fingerprint density at radius 3 is 2.46 bits per heavy atom. The van der Waals surface area contributed by atoms with Crippen LogP contribution in [-0.2, 0) is 0 Å². The topological polar surface area (TPSA) is 107 Å². The first kappa shape index (κ1) is 26.8. The predicted octanol–water partition coefficient (Wildman–Crippen LogP) is 3.30. The standard InChI is InChI=1S/C27H37FN6O3/c1-6-32-9-11-33(12-10-32)18-7-8-22(21(28)13-18)34-25(30-31-26(34)27(37)29-17(4)5)20-14-19(16(2)3)23(35)15-24(20)36/h7-8,13-14,16-17,23,35-36H,6,9-12,15H2,1-5H3,(H,29,37). The Kier molecular flexibility index (Phi) is 7.99. The molecular weight excluding hydrogens is 475 g/mol. The average Bonchev–Trinajstić information content (AvgIpc) is 3.28. The molecule has 1 aromatic heterocycles. The van der Waals surface area contributed by atoms with Crippen molar-refractivity contribution in [2.24, 2.45) is 5.92 Å². The van der Waals surface area contributed by atoms with E-state index in [-0.39, 0.29) is 41.5 Å². The third kappa shape index (κ3) is 5.55. The van der Waals surface area contributed by atoms with Gasteiger partial charge in [0.1, 0.15) is 11.6 Å². The van der Waals surface area contributed by atoms with Gasteiger partial charge in [-0.05, 0) is 56.2 Å². The molecule has 9 nitrogen and oxygen atoms in total. The summed E-state index contributed by atoms with van der Waals surface area (Å²) >= 11 is 0. The number of rotatable bonds is 7. The maximum atomic E-state index is 15.7. The van der Waals surface area contributed by atoms with Crippen molar-refractivity contribution >= 4 is 17.2 Å². The Hall–Kier alpha value is -3.24. The number of carbonyl (C=O) groups excluding carboxylic acids is 1. The Bertz CT molecular complexity index is 1210. The molecule has 4 rings (SSSR count). The minimum Gasteiger partial charge on any atom is -0.511 e. The van der Waals surface area contributed by atoms with Gasteiger partial charge < -0.3 is 25.3 Å². The number of nitrogens with zero attached hydrogens (tertiary/aromatic N) is 5. The van der Waals surface area contributed by atoms with Gasteiger partial charge in [-0.25, -0.2) is 4.39 Å². The van der Waals surface area contributed by atoms with Crippen LogP contribution < -0.4 is 10.2 Å². The first-order valence-corrected chi connectivity index (χ1v) is 13.0. The number of piperazine rings is 1. The van der Waals surface area contributed by atoms with Crippen LogP contribution in [0.2, 0.25) is 0 Å². The SMILES string of the molecule is CCN1CCN(c2ccc(-n3c(C(=O)NC(C)C)nnc3C3=C(O)CC(O)C(C(C)C)=C3)c(F)c2)CC1. The van der Waals surface area contributed by atoms with E-state index in [0.717, 1.165) is 44.0 Å². The lowest BCUT2D eigenvalue weighted by atomic mass is 9.88. The highest BCUT2D eigenvalue weighted by Crippen LogP contribution is 2.34. The molecule has 0 bridgehead atoms. The van der Waals surface area contributed by atoms with Gasteiger partial charge in [0.25, 0.3) is 5.91 Å². The van der Waals surface area contributed by atoms with Crippen molar-refractivity contribution < 1.29 is 19.4 Å². The monoisotopic (exact) mass is 512 g/mol. The number of likely N-dealkylation sites (N-methyl/N-ethyl adjacent to an activating group) is 1. The summed E-state index contributed by atoms with van der Waals surface area (Å²) in [6.45, 7) is 14.1. The summed E-state index contributed by atoms with van der Waals surface area (Å²) in [7, 11) is 0. The summed E-state index contributed by atoms with van der Waals surface area (Å²) in [5.41, 5.74) is 1.90. The fourth-order valence-corrected chi connectivity index (χ4v) is 4.86. The number of hydrogen-bond donors (Lipinski definition) is 3. The molecule has 200 valence electrons. The molecule has 10 heteroatoms. The molecule has 0 radical (unpaired) electrons. The smallest absolute Gasteiger partial charge is 0.289 e. The van der Waals surface area contributed by atoms with Crippen LogP contribution in [0.4, 0.5) is 10.1 Å². The second-order valence-electron chi connectivity index (χ2n) is 10.2. The van der Waals surface area contributed by atoms with Crippen molar-refractivity contribution in [1.82, 2.24) is 25.0 Å². The zero-order valence-corrected chi connectivity index (χ0v) is 22.2. The molecule has 1 aliphatic heterocycles. The number of amides is 1. The van der Waals surface area contributed by atoms with Crippen LogP contribution in [0.1, 0.15) is 57.5 Å². The maximum Gasteiger partial charge on any atom is 0.289 e. The number of aromatic nitrogens is 3. The van der Waals surface area contributed by atoms with Gasteiger partial charge in [0.15, 0.2) is 5.82 Å². The molecule has 1 amide bonds. The van der Waals surface area contributed by atoms with Gasteiger partial charge in [-0.2, -0.15) is 0 Å². The highest BCUT2D eigenvalue weighted by Gasteiger charge is 2.30. The van der Waals surface area contributed by atoms with Crippen molar-refractivity contribution in [1.29, 1.82) is 0 Å². The van der Waals surface area contributed by atoms with Gasteiger partial charge in [-0.15, -0.1) is 10.2 Å². The van der Waals surface area contributed by atoms with Gasteiger partial charge in [-0.1, -0.05) is 20.8 Å². The number of allylic oxidation sites excluding steroid dienone is 2. The molecule has 2 aromatic rings. The largest absolute Gasteiger partial charge is 0.511 e. The molecule has 3 N–H and O–H groups in total. The molecule has 1 saturated heterocycles. The van der Waals surface area contributed by atoms with Gasteiger partial charge in [-0.3, -0.25) is 9.36 Å². The van der Waals surface area contributed by atoms with Crippen molar-refractivity contribution in [3.8, 4) is 5.69 Å².